The second-order valence-corrected chi connectivity index (χ2v) is 9.61. The lowest BCUT2D eigenvalue weighted by molar-refractivity contribution is 0.102. The highest BCUT2D eigenvalue weighted by Gasteiger charge is 2.28. The summed E-state index contributed by atoms with van der Waals surface area (Å²) in [5, 5.41) is 2.76. The van der Waals surface area contributed by atoms with Crippen LogP contribution in [0.5, 0.6) is 5.75 Å². The molecule has 0 saturated heterocycles. The van der Waals surface area contributed by atoms with Gasteiger partial charge < -0.3 is 14.5 Å². The second kappa shape index (κ2) is 8.68. The Hall–Kier alpha value is -3.69. The molecule has 0 aliphatic heterocycles. The predicted molar refractivity (Wildman–Crippen MR) is 124 cm³/mol. The van der Waals surface area contributed by atoms with E-state index in [2.05, 4.69) is 15.0 Å². The summed E-state index contributed by atoms with van der Waals surface area (Å²) < 4.78 is 35.2. The molecule has 33 heavy (non-hydrogen) atoms. The Morgan fingerprint density at radius 2 is 1.91 bits per heavy atom. The quantitative estimate of drug-likeness (QED) is 0.417. The Labute approximate surface area is 191 Å². The molecular weight excluding hydrogens is 440 g/mol. The summed E-state index contributed by atoms with van der Waals surface area (Å²) in [6.07, 6.45) is 5.51. The number of aromatic nitrogens is 2. The van der Waals surface area contributed by atoms with E-state index in [0.29, 0.717) is 17.0 Å². The first kappa shape index (κ1) is 21.2. The molecule has 0 spiro atoms. The molecule has 9 heteroatoms. The van der Waals surface area contributed by atoms with Gasteiger partial charge in [0, 0.05) is 29.7 Å². The molecule has 1 amide bonds. The number of carbonyl (C=O) groups is 1. The van der Waals surface area contributed by atoms with Crippen molar-refractivity contribution in [1.29, 1.82) is 0 Å². The van der Waals surface area contributed by atoms with Crippen molar-refractivity contribution in [2.45, 2.75) is 30.4 Å². The van der Waals surface area contributed by atoms with E-state index in [1.807, 2.05) is 35.0 Å². The number of ether oxygens (including phenoxy) is 1. The van der Waals surface area contributed by atoms with Crippen molar-refractivity contribution in [2.24, 2.45) is 0 Å². The molecule has 2 heterocycles. The second-order valence-electron chi connectivity index (χ2n) is 7.89. The van der Waals surface area contributed by atoms with Gasteiger partial charge in [0.15, 0.2) is 0 Å². The fraction of sp³-hybridized carbons (Fsp3) is 0.167. The first-order valence-corrected chi connectivity index (χ1v) is 12.0. The minimum atomic E-state index is -3.60. The zero-order chi connectivity index (χ0) is 22.8. The van der Waals surface area contributed by atoms with E-state index in [1.54, 1.807) is 36.4 Å². The number of amides is 1. The summed E-state index contributed by atoms with van der Waals surface area (Å²) in [7, 11) is -3.60. The Bertz CT molecular complexity index is 1390. The van der Waals surface area contributed by atoms with Crippen LogP contribution in [0.2, 0.25) is 0 Å². The fourth-order valence-corrected chi connectivity index (χ4v) is 4.72. The van der Waals surface area contributed by atoms with Crippen molar-refractivity contribution in [1.82, 2.24) is 14.1 Å². The summed E-state index contributed by atoms with van der Waals surface area (Å²) in [5.74, 6) is 0.169. The third-order valence-electron chi connectivity index (χ3n) is 5.20. The number of carbonyl (C=O) groups excluding carboxylic acids is 1. The van der Waals surface area contributed by atoms with Gasteiger partial charge in [-0.25, -0.2) is 18.1 Å². The van der Waals surface area contributed by atoms with Gasteiger partial charge in [0.05, 0.1) is 10.6 Å². The Kier molecular flexibility index (Phi) is 5.57. The molecule has 1 aliphatic rings. The van der Waals surface area contributed by atoms with Crippen LogP contribution < -0.4 is 14.8 Å². The van der Waals surface area contributed by atoms with Gasteiger partial charge in [-0.05, 0) is 61.4 Å². The number of nitrogens with one attached hydrogen (secondary N) is 2. The molecule has 2 aromatic carbocycles. The number of rotatable bonds is 8. The van der Waals surface area contributed by atoms with Crippen LogP contribution in [0.25, 0.3) is 5.65 Å². The van der Waals surface area contributed by atoms with E-state index in [9.17, 15) is 13.2 Å². The smallest absolute Gasteiger partial charge is 0.255 e. The van der Waals surface area contributed by atoms with Crippen LogP contribution in [0.15, 0.2) is 84.0 Å². The molecule has 1 fully saturated rings. The standard InChI is InChI=1S/C24H22N4O4S/c29-24(26-19-6-4-8-22(14-19)33(30,31)27-18-10-11-18)17-5-3-7-21(13-17)32-16-20-15-28-12-2-1-9-23(28)25-20/h1-9,12-15,18,27H,10-11,16H2,(H,26,29). The largest absolute Gasteiger partial charge is 0.487 e. The predicted octanol–water partition coefficient (Wildman–Crippen LogP) is 3.61. The van der Waals surface area contributed by atoms with Gasteiger partial charge in [-0.15, -0.1) is 0 Å². The van der Waals surface area contributed by atoms with Gasteiger partial charge in [0.1, 0.15) is 18.0 Å². The fourth-order valence-electron chi connectivity index (χ4n) is 3.37. The van der Waals surface area contributed by atoms with E-state index in [0.717, 1.165) is 24.2 Å². The van der Waals surface area contributed by atoms with Crippen molar-refractivity contribution in [3.8, 4) is 5.75 Å². The van der Waals surface area contributed by atoms with E-state index in [-0.39, 0.29) is 23.5 Å². The molecule has 0 atom stereocenters. The van der Waals surface area contributed by atoms with Crippen molar-refractivity contribution >= 4 is 27.3 Å². The molecule has 168 valence electrons. The van der Waals surface area contributed by atoms with Crippen molar-refractivity contribution in [2.75, 3.05) is 5.32 Å². The van der Waals surface area contributed by atoms with Gasteiger partial charge >= 0.3 is 0 Å². The van der Waals surface area contributed by atoms with Crippen molar-refractivity contribution < 1.29 is 17.9 Å². The van der Waals surface area contributed by atoms with Gasteiger partial charge in [-0.2, -0.15) is 0 Å². The number of fused-ring (bicyclic) bond motifs is 1. The minimum absolute atomic E-state index is 0.0107. The number of hydrogen-bond acceptors (Lipinski definition) is 5. The number of sulfonamides is 1. The maximum absolute atomic E-state index is 12.8. The Morgan fingerprint density at radius 3 is 2.73 bits per heavy atom. The average Bonchev–Trinajstić information content (AvgIpc) is 3.52. The van der Waals surface area contributed by atoms with Crippen molar-refractivity contribution in [3.63, 3.8) is 0 Å². The number of anilines is 1. The number of nitrogens with zero attached hydrogens (tertiary/aromatic N) is 2. The monoisotopic (exact) mass is 462 g/mol. The lowest BCUT2D eigenvalue weighted by Crippen LogP contribution is -2.25. The molecule has 2 N–H and O–H groups in total. The lowest BCUT2D eigenvalue weighted by atomic mass is 10.2. The first-order chi connectivity index (χ1) is 16.0. The summed E-state index contributed by atoms with van der Waals surface area (Å²) in [4.78, 5) is 17.4. The van der Waals surface area contributed by atoms with Crippen LogP contribution >= 0.6 is 0 Å². The minimum Gasteiger partial charge on any atom is -0.487 e. The molecular formula is C24H22N4O4S. The molecule has 5 rings (SSSR count). The molecule has 1 saturated carbocycles. The van der Waals surface area contributed by atoms with Gasteiger partial charge in [-0.1, -0.05) is 18.2 Å². The summed E-state index contributed by atoms with van der Waals surface area (Å²) in [6.45, 7) is 0.265. The lowest BCUT2D eigenvalue weighted by Gasteiger charge is -2.10. The zero-order valence-electron chi connectivity index (χ0n) is 17.6. The van der Waals surface area contributed by atoms with Gasteiger partial charge in [-0.3, -0.25) is 4.79 Å². The highest BCUT2D eigenvalue weighted by atomic mass is 32.2. The zero-order valence-corrected chi connectivity index (χ0v) is 18.5. The summed E-state index contributed by atoms with van der Waals surface area (Å²) in [6, 6.07) is 18.8. The van der Waals surface area contributed by atoms with Gasteiger partial charge in [0.25, 0.3) is 5.91 Å². The van der Waals surface area contributed by atoms with Crippen LogP contribution in [-0.4, -0.2) is 29.8 Å². The van der Waals surface area contributed by atoms with E-state index < -0.39 is 10.0 Å². The van der Waals surface area contributed by atoms with E-state index in [1.165, 1.54) is 12.1 Å². The molecule has 2 aromatic heterocycles. The third kappa shape index (κ3) is 5.05. The molecule has 1 aliphatic carbocycles. The number of hydrogen-bond donors (Lipinski definition) is 2. The average molecular weight is 463 g/mol. The van der Waals surface area contributed by atoms with Crippen LogP contribution in [0.1, 0.15) is 28.9 Å². The Balaban J connectivity index is 1.25. The summed E-state index contributed by atoms with van der Waals surface area (Å²) >= 11 is 0. The van der Waals surface area contributed by atoms with E-state index in [4.69, 9.17) is 4.74 Å². The highest BCUT2D eigenvalue weighted by molar-refractivity contribution is 7.89. The maximum Gasteiger partial charge on any atom is 0.255 e. The van der Waals surface area contributed by atoms with Crippen LogP contribution in [0.3, 0.4) is 0 Å². The van der Waals surface area contributed by atoms with Crippen molar-refractivity contribution in [3.05, 3.63) is 90.4 Å². The van der Waals surface area contributed by atoms with Crippen LogP contribution in [0, 0.1) is 0 Å². The van der Waals surface area contributed by atoms with Crippen LogP contribution in [-0.2, 0) is 16.6 Å². The SMILES string of the molecule is O=C(Nc1cccc(S(=O)(=O)NC2CC2)c1)c1cccc(OCc2cn3ccccc3n2)c1. The normalized spacial score (nSPS) is 13.7. The first-order valence-electron chi connectivity index (χ1n) is 10.6. The topological polar surface area (TPSA) is 102 Å². The van der Waals surface area contributed by atoms with Gasteiger partial charge in [0.2, 0.25) is 10.0 Å². The Morgan fingerprint density at radius 1 is 1.06 bits per heavy atom. The highest BCUT2D eigenvalue weighted by Crippen LogP contribution is 2.24. The molecule has 0 radical (unpaired) electrons. The number of pyridine rings is 1. The number of benzene rings is 2. The third-order valence-corrected chi connectivity index (χ3v) is 6.72. The molecule has 4 aromatic rings. The molecule has 0 unspecified atom stereocenters. The summed E-state index contributed by atoms with van der Waals surface area (Å²) in [5.41, 5.74) is 2.40. The maximum atomic E-state index is 12.8. The number of imidazole rings is 1. The molecule has 8 nitrogen and oxygen atoms in total. The van der Waals surface area contributed by atoms with Crippen LogP contribution in [0.4, 0.5) is 5.69 Å². The molecule has 0 bridgehead atoms. The van der Waals surface area contributed by atoms with E-state index >= 15 is 0 Å².